The van der Waals surface area contributed by atoms with Crippen LogP contribution in [0.2, 0.25) is 0 Å². The highest BCUT2D eigenvalue weighted by molar-refractivity contribution is 7.18. The summed E-state index contributed by atoms with van der Waals surface area (Å²) in [6.45, 7) is 0. The molecule has 0 aliphatic heterocycles. The number of ether oxygens (including phenoxy) is 1. The molecule has 0 N–H and O–H groups in total. The van der Waals surface area contributed by atoms with Gasteiger partial charge in [-0.05, 0) is 24.3 Å². The molecule has 0 fully saturated rings. The van der Waals surface area contributed by atoms with Crippen LogP contribution in [0.4, 0.5) is 8.78 Å². The number of aromatic nitrogens is 1. The van der Waals surface area contributed by atoms with Crippen molar-refractivity contribution >= 4 is 21.6 Å². The van der Waals surface area contributed by atoms with Crippen molar-refractivity contribution < 1.29 is 13.5 Å². The zero-order chi connectivity index (χ0) is 13.3. The maximum absolute atomic E-state index is 14.0. The summed E-state index contributed by atoms with van der Waals surface area (Å²) in [5.74, 6) is 0.117. The van der Waals surface area contributed by atoms with E-state index in [1.807, 2.05) is 0 Å². The lowest BCUT2D eigenvalue weighted by atomic mass is 10.3. The third-order valence-corrected chi connectivity index (χ3v) is 3.62. The average molecular weight is 277 g/mol. The molecule has 0 radical (unpaired) electrons. The molecule has 0 amide bonds. The Labute approximate surface area is 112 Å². The Bertz CT molecular complexity index is 664. The highest BCUT2D eigenvalue weighted by Gasteiger charge is 2.38. The average Bonchev–Trinajstić information content (AvgIpc) is 2.84. The Hall–Kier alpha value is -2.01. The van der Waals surface area contributed by atoms with E-state index in [2.05, 4.69) is 4.98 Å². The largest absolute Gasteiger partial charge is 0.454 e. The molecule has 1 aromatic heterocycles. The van der Waals surface area contributed by atoms with Crippen molar-refractivity contribution in [1.29, 1.82) is 0 Å². The number of hydrogen-bond donors (Lipinski definition) is 0. The molecule has 0 bridgehead atoms. The van der Waals surface area contributed by atoms with Crippen molar-refractivity contribution in [2.45, 2.75) is 6.11 Å². The van der Waals surface area contributed by atoms with Gasteiger partial charge in [0.15, 0.2) is 0 Å². The summed E-state index contributed by atoms with van der Waals surface area (Å²) < 4.78 is 33.5. The van der Waals surface area contributed by atoms with Gasteiger partial charge in [0, 0.05) is 0 Å². The molecular formula is C14H9F2NOS. The van der Waals surface area contributed by atoms with E-state index in [-0.39, 0.29) is 10.8 Å². The molecule has 96 valence electrons. The van der Waals surface area contributed by atoms with E-state index in [1.165, 1.54) is 12.1 Å². The predicted octanol–water partition coefficient (Wildman–Crippen LogP) is 4.42. The van der Waals surface area contributed by atoms with Crippen LogP contribution in [0.5, 0.6) is 5.75 Å². The van der Waals surface area contributed by atoms with Crippen molar-refractivity contribution in [2.24, 2.45) is 0 Å². The van der Waals surface area contributed by atoms with Crippen LogP contribution in [0.1, 0.15) is 5.01 Å². The van der Waals surface area contributed by atoms with Gasteiger partial charge in [0.1, 0.15) is 5.75 Å². The summed E-state index contributed by atoms with van der Waals surface area (Å²) in [6.07, 6.45) is -3.43. The third kappa shape index (κ3) is 2.42. The first-order valence-electron chi connectivity index (χ1n) is 5.63. The van der Waals surface area contributed by atoms with Crippen molar-refractivity contribution in [3.05, 3.63) is 59.6 Å². The van der Waals surface area contributed by atoms with Crippen molar-refractivity contribution in [1.82, 2.24) is 4.98 Å². The topological polar surface area (TPSA) is 22.1 Å². The number of thiazole rings is 1. The molecule has 0 unspecified atom stereocenters. The van der Waals surface area contributed by atoms with E-state index in [4.69, 9.17) is 4.74 Å². The molecule has 3 rings (SSSR count). The van der Waals surface area contributed by atoms with Gasteiger partial charge in [-0.3, -0.25) is 0 Å². The maximum atomic E-state index is 14.0. The molecule has 0 aliphatic rings. The van der Waals surface area contributed by atoms with Gasteiger partial charge in [-0.25, -0.2) is 4.98 Å². The molecule has 0 atom stereocenters. The van der Waals surface area contributed by atoms with Crippen molar-refractivity contribution in [3.63, 3.8) is 0 Å². The number of benzene rings is 2. The molecule has 2 aromatic carbocycles. The zero-order valence-corrected chi connectivity index (χ0v) is 10.5. The number of fused-ring (bicyclic) bond motifs is 1. The Morgan fingerprint density at radius 2 is 1.63 bits per heavy atom. The number of hydrogen-bond acceptors (Lipinski definition) is 3. The second-order valence-corrected chi connectivity index (χ2v) is 4.95. The minimum atomic E-state index is -3.43. The minimum absolute atomic E-state index is 0.117. The molecule has 0 spiro atoms. The summed E-state index contributed by atoms with van der Waals surface area (Å²) in [6, 6.07) is 15.0. The summed E-state index contributed by atoms with van der Waals surface area (Å²) >= 11 is 0.937. The lowest BCUT2D eigenvalue weighted by molar-refractivity contribution is -0.185. The summed E-state index contributed by atoms with van der Waals surface area (Å²) in [5.41, 5.74) is 0.554. The summed E-state index contributed by atoms with van der Waals surface area (Å²) in [7, 11) is 0. The Morgan fingerprint density at radius 3 is 2.37 bits per heavy atom. The molecule has 2 nitrogen and oxygen atoms in total. The van der Waals surface area contributed by atoms with Gasteiger partial charge < -0.3 is 4.74 Å². The Morgan fingerprint density at radius 1 is 0.947 bits per heavy atom. The molecular weight excluding hydrogens is 268 g/mol. The van der Waals surface area contributed by atoms with Crippen LogP contribution in [-0.4, -0.2) is 4.98 Å². The predicted molar refractivity (Wildman–Crippen MR) is 70.6 cm³/mol. The van der Waals surface area contributed by atoms with E-state index in [9.17, 15) is 8.78 Å². The molecule has 19 heavy (non-hydrogen) atoms. The second-order valence-electron chi connectivity index (χ2n) is 3.92. The van der Waals surface area contributed by atoms with Gasteiger partial charge in [-0.15, -0.1) is 11.3 Å². The van der Waals surface area contributed by atoms with Gasteiger partial charge in [-0.2, -0.15) is 8.78 Å². The van der Waals surface area contributed by atoms with Crippen LogP contribution < -0.4 is 4.74 Å². The summed E-state index contributed by atoms with van der Waals surface area (Å²) in [5, 5.41) is -0.336. The molecule has 0 saturated carbocycles. The SMILES string of the molecule is FC(F)(Oc1ccccc1)c1nc2ccccc2s1. The number of alkyl halides is 2. The molecule has 0 aliphatic carbocycles. The molecule has 0 saturated heterocycles. The van der Waals surface area contributed by atoms with Crippen LogP contribution in [-0.2, 0) is 6.11 Å². The molecule has 1 heterocycles. The normalized spacial score (nSPS) is 11.7. The summed E-state index contributed by atoms with van der Waals surface area (Å²) in [4.78, 5) is 3.92. The van der Waals surface area contributed by atoms with Gasteiger partial charge in [0.2, 0.25) is 5.01 Å². The highest BCUT2D eigenvalue weighted by atomic mass is 32.1. The third-order valence-electron chi connectivity index (χ3n) is 2.53. The van der Waals surface area contributed by atoms with E-state index < -0.39 is 6.11 Å². The fourth-order valence-electron chi connectivity index (χ4n) is 1.68. The van der Waals surface area contributed by atoms with E-state index in [1.54, 1.807) is 42.5 Å². The first kappa shape index (κ1) is 12.0. The van der Waals surface area contributed by atoms with Crippen LogP contribution in [0.15, 0.2) is 54.6 Å². The number of nitrogens with zero attached hydrogens (tertiary/aromatic N) is 1. The number of rotatable bonds is 3. The van der Waals surface area contributed by atoms with Gasteiger partial charge in [-0.1, -0.05) is 30.3 Å². The first-order chi connectivity index (χ1) is 9.15. The van der Waals surface area contributed by atoms with E-state index in [0.29, 0.717) is 10.2 Å². The fraction of sp³-hybridized carbons (Fsp3) is 0.0714. The van der Waals surface area contributed by atoms with Crippen LogP contribution >= 0.6 is 11.3 Å². The Kier molecular flexibility index (Phi) is 2.91. The van der Waals surface area contributed by atoms with Crippen LogP contribution in [0.25, 0.3) is 10.2 Å². The standard InChI is InChI=1S/C14H9F2NOS/c15-14(16,18-10-6-2-1-3-7-10)13-17-11-8-4-5-9-12(11)19-13/h1-9H. The molecule has 3 aromatic rings. The Balaban J connectivity index is 1.95. The maximum Gasteiger partial charge on any atom is 0.454 e. The lowest BCUT2D eigenvalue weighted by Gasteiger charge is -2.14. The van der Waals surface area contributed by atoms with Crippen LogP contribution in [0.3, 0.4) is 0 Å². The smallest absolute Gasteiger partial charge is 0.427 e. The fourth-order valence-corrected chi connectivity index (χ4v) is 2.55. The van der Waals surface area contributed by atoms with Gasteiger partial charge in [0.25, 0.3) is 0 Å². The van der Waals surface area contributed by atoms with E-state index >= 15 is 0 Å². The second kappa shape index (κ2) is 4.59. The molecule has 5 heteroatoms. The van der Waals surface area contributed by atoms with E-state index in [0.717, 1.165) is 11.3 Å². The monoisotopic (exact) mass is 277 g/mol. The van der Waals surface area contributed by atoms with Gasteiger partial charge in [0.05, 0.1) is 10.2 Å². The number of halogens is 2. The quantitative estimate of drug-likeness (QED) is 0.706. The first-order valence-corrected chi connectivity index (χ1v) is 6.45. The van der Waals surface area contributed by atoms with Crippen molar-refractivity contribution in [3.8, 4) is 5.75 Å². The number of para-hydroxylation sites is 2. The highest BCUT2D eigenvalue weighted by Crippen LogP contribution is 2.36. The van der Waals surface area contributed by atoms with Crippen molar-refractivity contribution in [2.75, 3.05) is 0 Å². The zero-order valence-electron chi connectivity index (χ0n) is 9.72. The minimum Gasteiger partial charge on any atom is -0.427 e. The lowest BCUT2D eigenvalue weighted by Crippen LogP contribution is -2.21. The van der Waals surface area contributed by atoms with Gasteiger partial charge >= 0.3 is 6.11 Å². The van der Waals surface area contributed by atoms with Crippen LogP contribution in [0, 0.1) is 0 Å².